The van der Waals surface area contributed by atoms with Gasteiger partial charge in [0.25, 0.3) is 0 Å². The van der Waals surface area contributed by atoms with E-state index in [4.69, 9.17) is 0 Å². The van der Waals surface area contributed by atoms with Crippen molar-refractivity contribution in [2.24, 2.45) is 35.5 Å². The number of amides is 1. The molecule has 1 aromatic rings. The lowest BCUT2D eigenvalue weighted by Crippen LogP contribution is -2.38. The van der Waals surface area contributed by atoms with Crippen molar-refractivity contribution in [3.8, 4) is 0 Å². The van der Waals surface area contributed by atoms with Gasteiger partial charge in [-0.1, -0.05) is 58.0 Å². The topological polar surface area (TPSA) is 83.5 Å². The van der Waals surface area contributed by atoms with Crippen LogP contribution in [0.5, 0.6) is 0 Å². The molecule has 1 aliphatic carbocycles. The lowest BCUT2D eigenvalue weighted by atomic mass is 9.75. The highest BCUT2D eigenvalue weighted by Gasteiger charge is 2.52. The molecule has 0 unspecified atom stereocenters. The standard InChI is InChI=1S/C22H31NO4/c1-13(2)10-18(24)20-16(11-17(22(26)27)19(20)14(3)4)21(25)23-12-15-8-6-5-7-9-15/h5-9,13-14,16-17,19-20H,10-12H2,1-4H3,(H,23,25)(H,26,27)/t16-,17+,19-,20+/m0/s1. The van der Waals surface area contributed by atoms with E-state index in [0.29, 0.717) is 13.0 Å². The molecule has 2 N–H and O–H groups in total. The van der Waals surface area contributed by atoms with Gasteiger partial charge in [0.1, 0.15) is 5.78 Å². The lowest BCUT2D eigenvalue weighted by molar-refractivity contribution is -0.144. The lowest BCUT2D eigenvalue weighted by Gasteiger charge is -2.28. The first kappa shape index (κ1) is 21.1. The third-order valence-corrected chi connectivity index (χ3v) is 5.54. The molecule has 0 spiro atoms. The van der Waals surface area contributed by atoms with Crippen LogP contribution in [0.25, 0.3) is 0 Å². The molecule has 2 rings (SSSR count). The molecule has 1 aromatic carbocycles. The molecule has 4 atom stereocenters. The van der Waals surface area contributed by atoms with Crippen LogP contribution >= 0.6 is 0 Å². The number of carbonyl (C=O) groups excluding carboxylic acids is 2. The highest BCUT2D eigenvalue weighted by atomic mass is 16.4. The molecule has 148 valence electrons. The molecule has 1 saturated carbocycles. The van der Waals surface area contributed by atoms with Gasteiger partial charge in [-0.3, -0.25) is 14.4 Å². The number of rotatable bonds is 8. The van der Waals surface area contributed by atoms with Crippen molar-refractivity contribution in [3.63, 3.8) is 0 Å². The Morgan fingerprint density at radius 1 is 1.07 bits per heavy atom. The van der Waals surface area contributed by atoms with E-state index >= 15 is 0 Å². The number of nitrogens with one attached hydrogen (secondary N) is 1. The van der Waals surface area contributed by atoms with Crippen LogP contribution in [0.15, 0.2) is 30.3 Å². The second kappa shape index (κ2) is 9.16. The number of ketones is 1. The van der Waals surface area contributed by atoms with Gasteiger partial charge in [-0.25, -0.2) is 0 Å². The van der Waals surface area contributed by atoms with E-state index < -0.39 is 23.7 Å². The number of carboxylic acid groups (broad SMARTS) is 1. The fourth-order valence-electron chi connectivity index (χ4n) is 4.40. The summed E-state index contributed by atoms with van der Waals surface area (Å²) in [6, 6.07) is 9.57. The Bertz CT molecular complexity index is 668. The Hall–Kier alpha value is -2.17. The second-order valence-corrected chi connectivity index (χ2v) is 8.40. The molecule has 0 radical (unpaired) electrons. The minimum atomic E-state index is -0.908. The number of Topliss-reactive ketones (excluding diaryl/α,β-unsaturated/α-hetero) is 1. The summed E-state index contributed by atoms with van der Waals surface area (Å²) in [5.41, 5.74) is 0.976. The molecule has 27 heavy (non-hydrogen) atoms. The second-order valence-electron chi connectivity index (χ2n) is 8.40. The number of carboxylic acids is 1. The van der Waals surface area contributed by atoms with E-state index in [1.165, 1.54) is 0 Å². The quantitative estimate of drug-likeness (QED) is 0.730. The van der Waals surface area contributed by atoms with Crippen LogP contribution in [-0.4, -0.2) is 22.8 Å². The maximum Gasteiger partial charge on any atom is 0.306 e. The first-order chi connectivity index (χ1) is 12.7. The van der Waals surface area contributed by atoms with Crippen molar-refractivity contribution in [1.82, 2.24) is 5.32 Å². The molecule has 0 saturated heterocycles. The molecule has 1 aliphatic rings. The average Bonchev–Trinajstić information content (AvgIpc) is 3.01. The summed E-state index contributed by atoms with van der Waals surface area (Å²) in [6.45, 7) is 8.21. The van der Waals surface area contributed by atoms with Gasteiger partial charge >= 0.3 is 5.97 Å². The van der Waals surface area contributed by atoms with Gasteiger partial charge in [0, 0.05) is 24.8 Å². The van der Waals surface area contributed by atoms with E-state index in [1.807, 2.05) is 58.0 Å². The van der Waals surface area contributed by atoms with Crippen LogP contribution in [-0.2, 0) is 20.9 Å². The van der Waals surface area contributed by atoms with Crippen molar-refractivity contribution in [2.45, 2.75) is 47.1 Å². The van der Waals surface area contributed by atoms with Crippen molar-refractivity contribution >= 4 is 17.7 Å². The van der Waals surface area contributed by atoms with Crippen molar-refractivity contribution in [1.29, 1.82) is 0 Å². The molecule has 5 heteroatoms. The summed E-state index contributed by atoms with van der Waals surface area (Å²) in [7, 11) is 0. The molecule has 1 amide bonds. The fourth-order valence-corrected chi connectivity index (χ4v) is 4.40. The highest BCUT2D eigenvalue weighted by molar-refractivity contribution is 5.91. The number of aliphatic carboxylic acids is 1. The largest absolute Gasteiger partial charge is 0.481 e. The first-order valence-electron chi connectivity index (χ1n) is 9.79. The first-order valence-corrected chi connectivity index (χ1v) is 9.79. The van der Waals surface area contributed by atoms with Gasteiger partial charge in [-0.05, 0) is 29.7 Å². The number of carbonyl (C=O) groups is 3. The predicted molar refractivity (Wildman–Crippen MR) is 104 cm³/mol. The summed E-state index contributed by atoms with van der Waals surface area (Å²) >= 11 is 0. The maximum absolute atomic E-state index is 13.0. The Morgan fingerprint density at radius 3 is 2.22 bits per heavy atom. The smallest absolute Gasteiger partial charge is 0.306 e. The molecule has 5 nitrogen and oxygen atoms in total. The zero-order valence-electron chi connectivity index (χ0n) is 16.6. The van der Waals surface area contributed by atoms with Crippen LogP contribution in [0.1, 0.15) is 46.1 Å². The van der Waals surface area contributed by atoms with Crippen LogP contribution < -0.4 is 5.32 Å². The minimum absolute atomic E-state index is 0.0207. The molecule has 1 fully saturated rings. The SMILES string of the molecule is CC(C)CC(=O)[C@@H]1[C@@H](C(C)C)[C@H](C(=O)O)C[C@@H]1C(=O)NCc1ccccc1. The molecule has 0 aromatic heterocycles. The molecular formula is C22H31NO4. The molecule has 0 bridgehead atoms. The van der Waals surface area contributed by atoms with E-state index in [1.54, 1.807) is 0 Å². The fraction of sp³-hybridized carbons (Fsp3) is 0.591. The van der Waals surface area contributed by atoms with Gasteiger partial charge in [-0.15, -0.1) is 0 Å². The van der Waals surface area contributed by atoms with Gasteiger partial charge in [0.15, 0.2) is 0 Å². The van der Waals surface area contributed by atoms with Crippen LogP contribution in [0.2, 0.25) is 0 Å². The zero-order valence-corrected chi connectivity index (χ0v) is 16.6. The van der Waals surface area contributed by atoms with Crippen molar-refractivity contribution in [3.05, 3.63) is 35.9 Å². The Morgan fingerprint density at radius 2 is 1.70 bits per heavy atom. The van der Waals surface area contributed by atoms with E-state index in [-0.39, 0.29) is 35.9 Å². The molecule has 0 aliphatic heterocycles. The normalized spacial score (nSPS) is 25.0. The monoisotopic (exact) mass is 373 g/mol. The number of hydrogen-bond donors (Lipinski definition) is 2. The van der Waals surface area contributed by atoms with Crippen LogP contribution in [0.4, 0.5) is 0 Å². The summed E-state index contributed by atoms with van der Waals surface area (Å²) in [6.07, 6.45) is 0.607. The maximum atomic E-state index is 13.0. The Kier molecular flexibility index (Phi) is 7.17. The summed E-state index contributed by atoms with van der Waals surface area (Å²) in [5.74, 6) is -2.95. The minimum Gasteiger partial charge on any atom is -0.481 e. The Balaban J connectivity index is 2.22. The van der Waals surface area contributed by atoms with Gasteiger partial charge in [0.2, 0.25) is 5.91 Å². The van der Waals surface area contributed by atoms with E-state index in [9.17, 15) is 19.5 Å². The number of benzene rings is 1. The predicted octanol–water partition coefficient (Wildman–Crippen LogP) is 3.53. The summed E-state index contributed by atoms with van der Waals surface area (Å²) in [4.78, 5) is 37.7. The molecule has 0 heterocycles. The third-order valence-electron chi connectivity index (χ3n) is 5.54. The van der Waals surface area contributed by atoms with Crippen LogP contribution in [0.3, 0.4) is 0 Å². The number of hydrogen-bond acceptors (Lipinski definition) is 3. The average molecular weight is 373 g/mol. The van der Waals surface area contributed by atoms with Gasteiger partial charge in [0.05, 0.1) is 5.92 Å². The van der Waals surface area contributed by atoms with Gasteiger partial charge < -0.3 is 10.4 Å². The zero-order chi connectivity index (χ0) is 20.1. The Labute approximate surface area is 161 Å². The van der Waals surface area contributed by atoms with Gasteiger partial charge in [-0.2, -0.15) is 0 Å². The van der Waals surface area contributed by atoms with Crippen LogP contribution in [0, 0.1) is 35.5 Å². The summed E-state index contributed by atoms with van der Waals surface area (Å²) in [5, 5.41) is 12.6. The third kappa shape index (κ3) is 5.18. The van der Waals surface area contributed by atoms with E-state index in [2.05, 4.69) is 5.32 Å². The summed E-state index contributed by atoms with van der Waals surface area (Å²) < 4.78 is 0. The molecular weight excluding hydrogens is 342 g/mol. The highest BCUT2D eigenvalue weighted by Crippen LogP contribution is 2.47. The van der Waals surface area contributed by atoms with Crippen molar-refractivity contribution in [2.75, 3.05) is 0 Å². The van der Waals surface area contributed by atoms with E-state index in [0.717, 1.165) is 5.56 Å². The van der Waals surface area contributed by atoms with Crippen molar-refractivity contribution < 1.29 is 19.5 Å².